The number of halogens is 5. The van der Waals surface area contributed by atoms with Crippen LogP contribution in [0.15, 0.2) is 202 Å². The molecule has 3 saturated heterocycles. The van der Waals surface area contributed by atoms with Crippen molar-refractivity contribution in [1.82, 2.24) is 25.9 Å². The third-order valence-electron chi connectivity index (χ3n) is 20.5. The number of aromatic nitrogens is 2. The molecule has 1 saturated carbocycles. The number of piperazine rings is 3. The van der Waals surface area contributed by atoms with Crippen LogP contribution in [0, 0.1) is 5.92 Å². The van der Waals surface area contributed by atoms with Gasteiger partial charge in [-0.25, -0.2) is 18.7 Å². The largest absolute Gasteiger partial charge is 0.451 e. The van der Waals surface area contributed by atoms with Crippen molar-refractivity contribution in [1.29, 1.82) is 0 Å². The summed E-state index contributed by atoms with van der Waals surface area (Å²) in [5, 5.41) is 12.1. The van der Waals surface area contributed by atoms with Crippen molar-refractivity contribution in [3.8, 4) is 45.1 Å². The number of furan rings is 3. The van der Waals surface area contributed by atoms with Crippen molar-refractivity contribution in [3.63, 3.8) is 0 Å². The van der Waals surface area contributed by atoms with E-state index in [0.29, 0.717) is 86.8 Å². The Morgan fingerprint density at radius 3 is 1.20 bits per heavy atom. The number of hydrogen-bond donors (Lipinski definition) is 3. The zero-order valence-corrected chi connectivity index (χ0v) is 59.9. The number of carbonyl (C=O) groups excluding carboxylic acids is 3. The molecule has 22 heteroatoms. The summed E-state index contributed by atoms with van der Waals surface area (Å²) in [6, 6.07) is 54.8. The molecule has 0 atom stereocenters. The normalized spacial score (nSPS) is 16.3. The standard InChI is InChI=1S/C33H28ClN5O2.C26H26ClN3O2.C24H22ClF2N3O2/c34-27-7-5-22(6-8-27)31-17-25-15-24-16-28(38-13-11-35-12-14-38)9-10-30(24)39(33(40)32(25)41-31)20-23-3-1-2-4-29(23)26-18-36-21-37-19-26;27-21-5-3-18(4-6-21)24-15-20-13-19-14-22(29-11-9-28-10-12-29)7-8-23(19)30(16-17-1-2-17)26(31)25(20)32-24;25-18-3-1-15(2-4-18)21-13-17-11-16-12-19(29-9-7-28-8-10-29)5-6-20(16)30(14-22(26)27)24(31)23(17)32-21/h1-10,16-19,21,35H,11-15,20H2;3-8,14-15,17,28H,1-2,9-13,16H2;1-6,12-13,22,28H,7-11,14H2. The number of rotatable bonds is 13. The van der Waals surface area contributed by atoms with Crippen LogP contribution in [-0.4, -0.2) is 126 Å². The van der Waals surface area contributed by atoms with Crippen molar-refractivity contribution in [2.75, 3.05) is 121 Å². The smallest absolute Gasteiger partial charge is 0.294 e. The van der Waals surface area contributed by atoms with Crippen molar-refractivity contribution in [3.05, 3.63) is 260 Å². The third kappa shape index (κ3) is 15.1. The summed E-state index contributed by atoms with van der Waals surface area (Å²) < 4.78 is 45.3. The van der Waals surface area contributed by atoms with E-state index in [9.17, 15) is 23.2 Å². The molecule has 7 aliphatic rings. The summed E-state index contributed by atoms with van der Waals surface area (Å²) in [7, 11) is 0. The Morgan fingerprint density at radius 2 is 0.800 bits per heavy atom. The van der Waals surface area contributed by atoms with Gasteiger partial charge in [0.05, 0.1) is 13.1 Å². The number of hydrogen-bond acceptors (Lipinski definition) is 14. The molecule has 6 aliphatic heterocycles. The van der Waals surface area contributed by atoms with Gasteiger partial charge in [-0.15, -0.1) is 0 Å². The predicted octanol–water partition coefficient (Wildman–Crippen LogP) is 16.0. The van der Waals surface area contributed by atoms with E-state index in [4.69, 9.17) is 48.1 Å². The van der Waals surface area contributed by atoms with Gasteiger partial charge in [0, 0.05) is 205 Å². The van der Waals surface area contributed by atoms with E-state index < -0.39 is 18.9 Å². The minimum atomic E-state index is -2.66. The predicted molar refractivity (Wildman–Crippen MR) is 411 cm³/mol. The molecule has 17 nitrogen and oxygen atoms in total. The van der Waals surface area contributed by atoms with Gasteiger partial charge >= 0.3 is 0 Å². The fraction of sp³-hybridized carbons (Fsp3) is 0.265. The summed E-state index contributed by atoms with van der Waals surface area (Å²) in [4.78, 5) is 61.7. The maximum atomic E-state index is 14.3. The van der Waals surface area contributed by atoms with Crippen molar-refractivity contribution >= 4 is 86.6 Å². The zero-order chi connectivity index (χ0) is 71.7. The molecule has 534 valence electrons. The number of carbonyl (C=O) groups is 3. The number of nitrogens with zero attached hydrogens (tertiary/aromatic N) is 8. The van der Waals surface area contributed by atoms with Crippen LogP contribution in [-0.2, 0) is 25.8 Å². The van der Waals surface area contributed by atoms with Gasteiger partial charge in [0.2, 0.25) is 0 Å². The van der Waals surface area contributed by atoms with E-state index in [2.05, 4.69) is 83.1 Å². The molecule has 0 spiro atoms. The molecule has 4 aromatic heterocycles. The van der Waals surface area contributed by atoms with E-state index in [-0.39, 0.29) is 17.6 Å². The first kappa shape index (κ1) is 69.3. The Hall–Kier alpha value is -10.1. The minimum absolute atomic E-state index is 0.0270. The van der Waals surface area contributed by atoms with Gasteiger partial charge in [-0.3, -0.25) is 19.3 Å². The number of alkyl halides is 2. The Balaban J connectivity index is 0.000000122. The second-order valence-electron chi connectivity index (χ2n) is 27.4. The number of anilines is 6. The number of benzene rings is 7. The van der Waals surface area contributed by atoms with Crippen LogP contribution in [0.3, 0.4) is 0 Å². The monoisotopic (exact) mass is 1470 g/mol. The first-order chi connectivity index (χ1) is 51.3. The highest BCUT2D eigenvalue weighted by atomic mass is 35.5. The molecular weight excluding hydrogens is 1390 g/mol. The summed E-state index contributed by atoms with van der Waals surface area (Å²) in [5.41, 5.74) is 17.0. The van der Waals surface area contributed by atoms with Crippen molar-refractivity contribution < 1.29 is 36.4 Å². The van der Waals surface area contributed by atoms with Gasteiger partial charge < -0.3 is 53.7 Å². The summed E-state index contributed by atoms with van der Waals surface area (Å²) in [5.74, 6) is 2.69. The van der Waals surface area contributed by atoms with Crippen LogP contribution >= 0.6 is 34.8 Å². The first-order valence-electron chi connectivity index (χ1n) is 35.8. The molecular formula is C83H76Cl3F2N11O6. The summed E-state index contributed by atoms with van der Waals surface area (Å²) in [6.45, 7) is 11.8. The van der Waals surface area contributed by atoms with Gasteiger partial charge in [-0.2, -0.15) is 0 Å². The Bertz CT molecular complexity index is 4820. The molecule has 3 amide bonds. The van der Waals surface area contributed by atoms with Crippen molar-refractivity contribution in [2.45, 2.75) is 45.1 Å². The average molecular weight is 1470 g/mol. The molecule has 7 aromatic carbocycles. The third-order valence-corrected chi connectivity index (χ3v) is 21.2. The Labute approximate surface area is 622 Å². The van der Waals surface area contributed by atoms with Crippen LogP contribution in [0.25, 0.3) is 45.1 Å². The summed E-state index contributed by atoms with van der Waals surface area (Å²) >= 11 is 18.2. The molecule has 10 heterocycles. The fourth-order valence-electron chi connectivity index (χ4n) is 14.9. The average Bonchev–Trinajstić information content (AvgIpc) is 1.61. The van der Waals surface area contributed by atoms with Gasteiger partial charge in [-0.05, 0) is 192 Å². The molecule has 0 bridgehead atoms. The second-order valence-corrected chi connectivity index (χ2v) is 28.7. The lowest BCUT2D eigenvalue weighted by atomic mass is 10.0. The second kappa shape index (κ2) is 30.5. The summed E-state index contributed by atoms with van der Waals surface area (Å²) in [6.07, 6.45) is 6.55. The molecule has 18 rings (SSSR count). The highest BCUT2D eigenvalue weighted by Gasteiger charge is 2.38. The van der Waals surface area contributed by atoms with E-state index in [1.54, 1.807) is 42.7 Å². The van der Waals surface area contributed by atoms with Crippen LogP contribution < -0.4 is 45.3 Å². The topological polar surface area (TPSA) is 172 Å². The Kier molecular flexibility index (Phi) is 20.1. The molecule has 0 radical (unpaired) electrons. The van der Waals surface area contributed by atoms with Crippen LogP contribution in [0.5, 0.6) is 0 Å². The number of amides is 3. The highest BCUT2D eigenvalue weighted by Crippen LogP contribution is 2.43. The van der Waals surface area contributed by atoms with Gasteiger partial charge in [-0.1, -0.05) is 59.1 Å². The van der Waals surface area contributed by atoms with E-state index >= 15 is 0 Å². The molecule has 0 unspecified atom stereocenters. The van der Waals surface area contributed by atoms with Gasteiger partial charge in [0.25, 0.3) is 24.1 Å². The zero-order valence-electron chi connectivity index (χ0n) is 57.6. The maximum absolute atomic E-state index is 14.3. The maximum Gasteiger partial charge on any atom is 0.294 e. The van der Waals surface area contributed by atoms with Crippen molar-refractivity contribution in [2.24, 2.45) is 5.92 Å². The molecule has 1 aliphatic carbocycles. The van der Waals surface area contributed by atoms with E-state index in [1.807, 2.05) is 107 Å². The lowest BCUT2D eigenvalue weighted by Crippen LogP contribution is -2.43. The molecule has 105 heavy (non-hydrogen) atoms. The van der Waals surface area contributed by atoms with E-state index in [1.165, 1.54) is 36.1 Å². The first-order valence-corrected chi connectivity index (χ1v) is 36.9. The number of nitrogens with one attached hydrogen (secondary N) is 3. The SMILES string of the molecule is O=C1c2oc(-c3ccc(Cl)cc3)cc2Cc2cc(N3CCNCC3)ccc2N1CC(F)F.O=C1c2oc(-c3ccc(Cl)cc3)cc2Cc2cc(N3CCNCC3)ccc2N1CC1CC1.O=C1c2oc(-c3ccc(Cl)cc3)cc2Cc2cc(N3CCNCC3)ccc2N1Cc1ccccc1-c1cncnc1. The molecule has 11 aromatic rings. The number of fused-ring (bicyclic) bond motifs is 6. The highest BCUT2D eigenvalue weighted by molar-refractivity contribution is 6.31. The lowest BCUT2D eigenvalue weighted by molar-refractivity contribution is 0.0919. The van der Waals surface area contributed by atoms with Gasteiger partial charge in [0.15, 0.2) is 17.3 Å². The van der Waals surface area contributed by atoms with E-state index in [0.717, 1.165) is 163 Å². The minimum Gasteiger partial charge on any atom is -0.451 e. The molecule has 3 N–H and O–H groups in total. The quantitative estimate of drug-likeness (QED) is 0.0995. The Morgan fingerprint density at radius 1 is 0.429 bits per heavy atom. The lowest BCUT2D eigenvalue weighted by Gasteiger charge is -2.31. The van der Waals surface area contributed by atoms with Crippen LogP contribution in [0.1, 0.15) is 83.5 Å². The van der Waals surface area contributed by atoms with Gasteiger partial charge in [0.1, 0.15) is 23.6 Å². The van der Waals surface area contributed by atoms with Crippen LogP contribution in [0.4, 0.5) is 42.9 Å². The molecule has 4 fully saturated rings. The fourth-order valence-corrected chi connectivity index (χ4v) is 15.2. The van der Waals surface area contributed by atoms with Crippen LogP contribution in [0.2, 0.25) is 15.1 Å².